The molecule has 1 amide bonds. The number of fused-ring (bicyclic) bond motifs is 1. The summed E-state index contributed by atoms with van der Waals surface area (Å²) in [4.78, 5) is 17.0. The van der Waals surface area contributed by atoms with Crippen LogP contribution in [0.1, 0.15) is 35.7 Å². The predicted octanol–water partition coefficient (Wildman–Crippen LogP) is 6.51. The van der Waals surface area contributed by atoms with Gasteiger partial charge in [0.15, 0.2) is 10.7 Å². The number of oxazole rings is 1. The summed E-state index contributed by atoms with van der Waals surface area (Å²) in [5.41, 5.74) is 4.95. The zero-order valence-corrected chi connectivity index (χ0v) is 19.4. The van der Waals surface area contributed by atoms with Crippen LogP contribution in [0.2, 0.25) is 0 Å². The van der Waals surface area contributed by atoms with Gasteiger partial charge in [0.2, 0.25) is 5.89 Å². The number of halogens is 1. The summed E-state index contributed by atoms with van der Waals surface area (Å²) in [7, 11) is 0. The number of hydrogen-bond donors (Lipinski definition) is 2. The highest BCUT2D eigenvalue weighted by Crippen LogP contribution is 2.27. The van der Waals surface area contributed by atoms with Gasteiger partial charge in [-0.15, -0.1) is 0 Å². The van der Waals surface area contributed by atoms with Crippen LogP contribution in [-0.4, -0.2) is 16.0 Å². The lowest BCUT2D eigenvalue weighted by Gasteiger charge is -2.10. The van der Waals surface area contributed by atoms with Gasteiger partial charge >= 0.3 is 0 Å². The Balaban J connectivity index is 1.44. The van der Waals surface area contributed by atoms with Gasteiger partial charge in [-0.1, -0.05) is 32.0 Å². The number of aromatic nitrogens is 1. The molecule has 7 heteroatoms. The van der Waals surface area contributed by atoms with E-state index < -0.39 is 0 Å². The topological polar surface area (TPSA) is 67.2 Å². The lowest BCUT2D eigenvalue weighted by atomic mass is 10.0. The second kappa shape index (κ2) is 8.99. The summed E-state index contributed by atoms with van der Waals surface area (Å²) in [5, 5.41) is 5.92. The van der Waals surface area contributed by atoms with Gasteiger partial charge in [0, 0.05) is 15.7 Å². The second-order valence-electron chi connectivity index (χ2n) is 7.37. The largest absolute Gasteiger partial charge is 0.436 e. The van der Waals surface area contributed by atoms with Crippen LogP contribution in [0.3, 0.4) is 0 Å². The first kappa shape index (κ1) is 21.2. The molecule has 0 bridgehead atoms. The first-order chi connectivity index (χ1) is 14.9. The maximum atomic E-state index is 12.4. The van der Waals surface area contributed by atoms with Crippen LogP contribution in [0.15, 0.2) is 75.6 Å². The van der Waals surface area contributed by atoms with Crippen molar-refractivity contribution in [2.75, 3.05) is 5.32 Å². The van der Waals surface area contributed by atoms with Crippen molar-refractivity contribution in [1.82, 2.24) is 10.3 Å². The van der Waals surface area contributed by atoms with Gasteiger partial charge in [-0.3, -0.25) is 10.1 Å². The number of nitrogens with zero attached hydrogens (tertiary/aromatic N) is 1. The summed E-state index contributed by atoms with van der Waals surface area (Å²) in [6.45, 7) is 4.30. The minimum atomic E-state index is -0.283. The first-order valence-corrected chi connectivity index (χ1v) is 11.0. The minimum Gasteiger partial charge on any atom is -0.436 e. The SMILES string of the molecule is CC(C)c1ccc2oc(-c3ccc(NC(=S)NC(=O)c4ccccc4Br)cc3)nc2c1. The highest BCUT2D eigenvalue weighted by molar-refractivity contribution is 9.10. The fourth-order valence-corrected chi connectivity index (χ4v) is 3.78. The van der Waals surface area contributed by atoms with Gasteiger partial charge < -0.3 is 9.73 Å². The standard InChI is InChI=1S/C24H20BrN3O2S/c1-14(2)16-9-12-21-20(13-16)27-23(30-21)15-7-10-17(11-8-15)26-24(31)28-22(29)18-5-3-4-6-19(18)25/h3-14H,1-2H3,(H2,26,28,29,31). The van der Waals surface area contributed by atoms with Crippen LogP contribution in [0, 0.1) is 0 Å². The Morgan fingerprint density at radius 1 is 1.06 bits per heavy atom. The molecule has 4 rings (SSSR count). The number of benzene rings is 3. The van der Waals surface area contributed by atoms with Crippen molar-refractivity contribution < 1.29 is 9.21 Å². The van der Waals surface area contributed by atoms with E-state index in [2.05, 4.69) is 57.5 Å². The lowest BCUT2D eigenvalue weighted by Crippen LogP contribution is -2.34. The number of nitrogens with one attached hydrogen (secondary N) is 2. The molecule has 156 valence electrons. The van der Waals surface area contributed by atoms with Crippen molar-refractivity contribution >= 4 is 56.0 Å². The number of thiocarbonyl (C=S) groups is 1. The van der Waals surface area contributed by atoms with Gasteiger partial charge in [0.05, 0.1) is 5.56 Å². The van der Waals surface area contributed by atoms with E-state index in [1.807, 2.05) is 36.4 Å². The molecular formula is C24H20BrN3O2S. The molecule has 1 heterocycles. The Morgan fingerprint density at radius 3 is 2.52 bits per heavy atom. The van der Waals surface area contributed by atoms with Crippen molar-refractivity contribution in [3.05, 3.63) is 82.3 Å². The lowest BCUT2D eigenvalue weighted by molar-refractivity contribution is 0.0977. The summed E-state index contributed by atoms with van der Waals surface area (Å²) in [6.07, 6.45) is 0. The third kappa shape index (κ3) is 4.84. The van der Waals surface area contributed by atoms with Crippen LogP contribution in [0.4, 0.5) is 5.69 Å². The van der Waals surface area contributed by atoms with Crippen molar-refractivity contribution in [3.63, 3.8) is 0 Å². The molecule has 0 radical (unpaired) electrons. The van der Waals surface area contributed by atoms with Gasteiger partial charge in [-0.25, -0.2) is 4.98 Å². The van der Waals surface area contributed by atoms with Gasteiger partial charge in [-0.2, -0.15) is 0 Å². The highest BCUT2D eigenvalue weighted by atomic mass is 79.9. The quantitative estimate of drug-likeness (QED) is 0.317. The molecule has 2 N–H and O–H groups in total. The van der Waals surface area contributed by atoms with Gasteiger partial charge in [0.1, 0.15) is 5.52 Å². The van der Waals surface area contributed by atoms with Crippen molar-refractivity contribution in [2.24, 2.45) is 0 Å². The monoisotopic (exact) mass is 493 g/mol. The zero-order valence-electron chi connectivity index (χ0n) is 17.0. The summed E-state index contributed by atoms with van der Waals surface area (Å²) >= 11 is 8.64. The third-order valence-electron chi connectivity index (χ3n) is 4.81. The fourth-order valence-electron chi connectivity index (χ4n) is 3.10. The van der Waals surface area contributed by atoms with Crippen LogP contribution in [0.25, 0.3) is 22.6 Å². The molecule has 0 saturated heterocycles. The molecule has 0 spiro atoms. The average molecular weight is 494 g/mol. The Morgan fingerprint density at radius 2 is 1.81 bits per heavy atom. The molecule has 4 aromatic rings. The molecule has 0 unspecified atom stereocenters. The van der Waals surface area contributed by atoms with Crippen LogP contribution in [-0.2, 0) is 0 Å². The number of anilines is 1. The van der Waals surface area contributed by atoms with Gasteiger partial charge in [-0.05, 0) is 88.2 Å². The molecule has 0 aliphatic heterocycles. The average Bonchev–Trinajstić information content (AvgIpc) is 3.17. The maximum Gasteiger partial charge on any atom is 0.258 e. The molecule has 31 heavy (non-hydrogen) atoms. The molecule has 5 nitrogen and oxygen atoms in total. The maximum absolute atomic E-state index is 12.4. The number of amides is 1. The van der Waals surface area contributed by atoms with E-state index in [-0.39, 0.29) is 11.0 Å². The van der Waals surface area contributed by atoms with Crippen LogP contribution < -0.4 is 10.6 Å². The molecule has 0 aliphatic carbocycles. The van der Waals surface area contributed by atoms with Crippen molar-refractivity contribution in [3.8, 4) is 11.5 Å². The number of rotatable bonds is 4. The van der Waals surface area contributed by atoms with E-state index in [9.17, 15) is 4.79 Å². The Bertz CT molecular complexity index is 1270. The third-order valence-corrected chi connectivity index (χ3v) is 5.71. The molecule has 0 aliphatic rings. The second-order valence-corrected chi connectivity index (χ2v) is 8.63. The van der Waals surface area contributed by atoms with Gasteiger partial charge in [0.25, 0.3) is 5.91 Å². The summed E-state index contributed by atoms with van der Waals surface area (Å²) < 4.78 is 6.61. The molecular weight excluding hydrogens is 474 g/mol. The highest BCUT2D eigenvalue weighted by Gasteiger charge is 2.12. The molecule has 0 atom stereocenters. The van der Waals surface area contributed by atoms with E-state index in [1.165, 1.54) is 5.56 Å². The van der Waals surface area contributed by atoms with E-state index in [1.54, 1.807) is 18.2 Å². The van der Waals surface area contributed by atoms with E-state index >= 15 is 0 Å². The zero-order chi connectivity index (χ0) is 22.0. The molecule has 3 aromatic carbocycles. The first-order valence-electron chi connectivity index (χ1n) is 9.78. The predicted molar refractivity (Wildman–Crippen MR) is 131 cm³/mol. The van der Waals surface area contributed by atoms with Crippen molar-refractivity contribution in [2.45, 2.75) is 19.8 Å². The summed E-state index contributed by atoms with van der Waals surface area (Å²) in [5.74, 6) is 0.711. The Kier molecular flexibility index (Phi) is 6.15. The van der Waals surface area contributed by atoms with E-state index in [0.29, 0.717) is 21.8 Å². The molecule has 1 aromatic heterocycles. The van der Waals surface area contributed by atoms with E-state index in [4.69, 9.17) is 16.6 Å². The normalized spacial score (nSPS) is 11.0. The smallest absolute Gasteiger partial charge is 0.258 e. The summed E-state index contributed by atoms with van der Waals surface area (Å²) in [6, 6.07) is 20.8. The number of hydrogen-bond acceptors (Lipinski definition) is 4. The fraction of sp³-hybridized carbons (Fsp3) is 0.125. The van der Waals surface area contributed by atoms with E-state index in [0.717, 1.165) is 22.4 Å². The minimum absolute atomic E-state index is 0.219. The van der Waals surface area contributed by atoms with Crippen molar-refractivity contribution in [1.29, 1.82) is 0 Å². The van der Waals surface area contributed by atoms with Crippen LogP contribution in [0.5, 0.6) is 0 Å². The Labute approximate surface area is 194 Å². The molecule has 0 saturated carbocycles. The Hall–Kier alpha value is -3.03. The number of carbonyl (C=O) groups is 1. The van der Waals surface area contributed by atoms with Crippen LogP contribution >= 0.6 is 28.1 Å². The molecule has 0 fully saturated rings. The number of carbonyl (C=O) groups excluding carboxylic acids is 1.